The van der Waals surface area contributed by atoms with Crippen LogP contribution >= 0.6 is 0 Å². The Balaban J connectivity index is 2.00. The fourth-order valence-electron chi connectivity index (χ4n) is 1.60. The second-order valence-corrected chi connectivity index (χ2v) is 4.20. The van der Waals surface area contributed by atoms with Gasteiger partial charge in [-0.1, -0.05) is 0 Å². The number of alkyl halides is 3. The van der Waals surface area contributed by atoms with Crippen molar-refractivity contribution in [2.45, 2.75) is 19.7 Å². The topological polar surface area (TPSA) is 27.1 Å². The number of hydrogen-bond donors (Lipinski definition) is 0. The number of hydrogen-bond acceptors (Lipinski definition) is 2. The van der Waals surface area contributed by atoms with Gasteiger partial charge in [0.2, 0.25) is 0 Å². The first-order chi connectivity index (χ1) is 8.86. The summed E-state index contributed by atoms with van der Waals surface area (Å²) in [6.07, 6.45) is -2.50. The van der Waals surface area contributed by atoms with Crippen LogP contribution in [0.1, 0.15) is 17.1 Å². The quantitative estimate of drug-likeness (QED) is 0.855. The molecule has 0 fully saturated rings. The van der Waals surface area contributed by atoms with Gasteiger partial charge >= 0.3 is 6.18 Å². The maximum absolute atomic E-state index is 12.4. The number of rotatable bonds is 3. The fraction of sp³-hybridized carbons (Fsp3) is 0.308. The van der Waals surface area contributed by atoms with Crippen molar-refractivity contribution in [3.8, 4) is 5.75 Å². The van der Waals surface area contributed by atoms with Crippen LogP contribution in [0.2, 0.25) is 0 Å². The molecule has 0 amide bonds. The normalized spacial score (nSPS) is 11.6. The predicted octanol–water partition coefficient (Wildman–Crippen LogP) is 3.33. The molecule has 0 aliphatic rings. The van der Waals surface area contributed by atoms with Crippen LogP contribution in [0.4, 0.5) is 13.2 Å². The molecule has 102 valence electrons. The number of nitrogens with zero attached hydrogens (tertiary/aromatic N) is 2. The van der Waals surface area contributed by atoms with Gasteiger partial charge in [-0.25, -0.2) is 4.98 Å². The van der Waals surface area contributed by atoms with Crippen LogP contribution in [0.5, 0.6) is 5.75 Å². The van der Waals surface area contributed by atoms with E-state index in [9.17, 15) is 13.2 Å². The van der Waals surface area contributed by atoms with Gasteiger partial charge in [-0.3, -0.25) is 0 Å². The van der Waals surface area contributed by atoms with Gasteiger partial charge in [-0.2, -0.15) is 13.2 Å². The van der Waals surface area contributed by atoms with E-state index in [4.69, 9.17) is 4.74 Å². The molecular formula is C13H13F3N2O. The number of halogens is 3. The van der Waals surface area contributed by atoms with Crippen molar-refractivity contribution in [3.63, 3.8) is 0 Å². The van der Waals surface area contributed by atoms with Crippen molar-refractivity contribution in [2.75, 3.05) is 0 Å². The Bertz CT molecular complexity index is 539. The van der Waals surface area contributed by atoms with Crippen molar-refractivity contribution >= 4 is 0 Å². The predicted molar refractivity (Wildman–Crippen MR) is 63.7 cm³/mol. The summed E-state index contributed by atoms with van der Waals surface area (Å²) in [5, 5.41) is 0. The largest absolute Gasteiger partial charge is 0.487 e. The second-order valence-electron chi connectivity index (χ2n) is 4.20. The number of benzene rings is 1. The van der Waals surface area contributed by atoms with Gasteiger partial charge in [0.25, 0.3) is 0 Å². The van der Waals surface area contributed by atoms with E-state index in [-0.39, 0.29) is 6.61 Å². The molecule has 1 aromatic heterocycles. The third-order valence-corrected chi connectivity index (χ3v) is 2.73. The smallest absolute Gasteiger partial charge is 0.416 e. The average molecular weight is 270 g/mol. The summed E-state index contributed by atoms with van der Waals surface area (Å²) in [6, 6.07) is 4.61. The molecule has 0 radical (unpaired) electrons. The van der Waals surface area contributed by atoms with Gasteiger partial charge in [-0.15, -0.1) is 0 Å². The van der Waals surface area contributed by atoms with E-state index in [1.807, 2.05) is 24.7 Å². The lowest BCUT2D eigenvalue weighted by Crippen LogP contribution is -2.04. The molecule has 6 heteroatoms. The molecule has 0 saturated carbocycles. The molecule has 2 rings (SSSR count). The van der Waals surface area contributed by atoms with E-state index in [1.54, 1.807) is 0 Å². The van der Waals surface area contributed by atoms with Crippen molar-refractivity contribution in [1.82, 2.24) is 9.55 Å². The molecular weight excluding hydrogens is 257 g/mol. The maximum atomic E-state index is 12.4. The van der Waals surface area contributed by atoms with Crippen LogP contribution < -0.4 is 4.74 Å². The molecule has 3 nitrogen and oxygen atoms in total. The highest BCUT2D eigenvalue weighted by atomic mass is 19.4. The number of aryl methyl sites for hydroxylation is 2. The Morgan fingerprint density at radius 1 is 1.21 bits per heavy atom. The van der Waals surface area contributed by atoms with Gasteiger partial charge in [-0.05, 0) is 31.2 Å². The van der Waals surface area contributed by atoms with Gasteiger partial charge in [0.1, 0.15) is 18.2 Å². The van der Waals surface area contributed by atoms with E-state index in [1.165, 1.54) is 12.1 Å². The molecule has 2 aromatic rings. The lowest BCUT2D eigenvalue weighted by Gasteiger charge is -2.08. The monoisotopic (exact) mass is 270 g/mol. The molecule has 0 unspecified atom stereocenters. The molecule has 0 N–H and O–H groups in total. The Kier molecular flexibility index (Phi) is 3.50. The summed E-state index contributed by atoms with van der Waals surface area (Å²) >= 11 is 0. The third-order valence-electron chi connectivity index (χ3n) is 2.73. The highest BCUT2D eigenvalue weighted by molar-refractivity contribution is 5.29. The van der Waals surface area contributed by atoms with E-state index in [0.29, 0.717) is 5.75 Å². The molecule has 0 aliphatic carbocycles. The Hall–Kier alpha value is -1.98. The number of ether oxygens (including phenoxy) is 1. The molecule has 0 aliphatic heterocycles. The Labute approximate surface area is 108 Å². The minimum absolute atomic E-state index is 0.229. The standard InChI is InChI=1S/C13H13F3N2O/c1-9-17-11(7-18(9)2)8-19-12-5-3-10(4-6-12)13(14,15)16/h3-7H,8H2,1-2H3. The summed E-state index contributed by atoms with van der Waals surface area (Å²) in [5.74, 6) is 1.24. The Morgan fingerprint density at radius 2 is 1.84 bits per heavy atom. The van der Waals surface area contributed by atoms with Gasteiger partial charge < -0.3 is 9.30 Å². The second kappa shape index (κ2) is 4.95. The lowest BCUT2D eigenvalue weighted by molar-refractivity contribution is -0.137. The van der Waals surface area contributed by atoms with Crippen molar-refractivity contribution < 1.29 is 17.9 Å². The van der Waals surface area contributed by atoms with Gasteiger partial charge in [0, 0.05) is 13.2 Å². The van der Waals surface area contributed by atoms with Crippen molar-refractivity contribution in [2.24, 2.45) is 7.05 Å². The van der Waals surface area contributed by atoms with Crippen LogP contribution in [-0.2, 0) is 19.8 Å². The Morgan fingerprint density at radius 3 is 2.32 bits per heavy atom. The van der Waals surface area contributed by atoms with E-state index in [2.05, 4.69) is 4.98 Å². The van der Waals surface area contributed by atoms with Crippen LogP contribution in [0.3, 0.4) is 0 Å². The van der Waals surface area contributed by atoms with Crippen molar-refractivity contribution in [3.05, 3.63) is 47.5 Å². The summed E-state index contributed by atoms with van der Waals surface area (Å²) in [7, 11) is 1.87. The molecule has 1 heterocycles. The molecule has 0 saturated heterocycles. The maximum Gasteiger partial charge on any atom is 0.416 e. The summed E-state index contributed by atoms with van der Waals surface area (Å²) < 4.78 is 44.3. The third kappa shape index (κ3) is 3.27. The summed E-state index contributed by atoms with van der Waals surface area (Å²) in [5.41, 5.74) is 0.0495. The highest BCUT2D eigenvalue weighted by Gasteiger charge is 2.29. The summed E-state index contributed by atoms with van der Waals surface area (Å²) in [6.45, 7) is 2.09. The first kappa shape index (κ1) is 13.5. The molecule has 0 spiro atoms. The van der Waals surface area contributed by atoms with Crippen LogP contribution in [0.15, 0.2) is 30.5 Å². The molecule has 0 atom stereocenters. The zero-order chi connectivity index (χ0) is 14.0. The molecule has 1 aromatic carbocycles. The van der Waals surface area contributed by atoms with Crippen LogP contribution in [0.25, 0.3) is 0 Å². The zero-order valence-corrected chi connectivity index (χ0v) is 10.5. The zero-order valence-electron chi connectivity index (χ0n) is 10.5. The van der Waals surface area contributed by atoms with Crippen LogP contribution in [-0.4, -0.2) is 9.55 Å². The number of imidazole rings is 1. The van der Waals surface area contributed by atoms with Crippen LogP contribution in [0, 0.1) is 6.92 Å². The first-order valence-electron chi connectivity index (χ1n) is 5.65. The van der Waals surface area contributed by atoms with E-state index in [0.717, 1.165) is 23.7 Å². The minimum Gasteiger partial charge on any atom is -0.487 e. The first-order valence-corrected chi connectivity index (χ1v) is 5.65. The molecule has 19 heavy (non-hydrogen) atoms. The van der Waals surface area contributed by atoms with E-state index < -0.39 is 11.7 Å². The van der Waals surface area contributed by atoms with Gasteiger partial charge in [0.05, 0.1) is 11.3 Å². The van der Waals surface area contributed by atoms with Crippen molar-refractivity contribution in [1.29, 1.82) is 0 Å². The summed E-state index contributed by atoms with van der Waals surface area (Å²) in [4.78, 5) is 4.24. The SMILES string of the molecule is Cc1nc(COc2ccc(C(F)(F)F)cc2)cn1C. The fourth-order valence-corrected chi connectivity index (χ4v) is 1.60. The average Bonchev–Trinajstić information content (AvgIpc) is 2.66. The lowest BCUT2D eigenvalue weighted by atomic mass is 10.2. The van der Waals surface area contributed by atoms with E-state index >= 15 is 0 Å². The minimum atomic E-state index is -4.32. The molecule has 0 bridgehead atoms. The highest BCUT2D eigenvalue weighted by Crippen LogP contribution is 2.30. The van der Waals surface area contributed by atoms with Gasteiger partial charge in [0.15, 0.2) is 0 Å². The number of aromatic nitrogens is 2.